The Morgan fingerprint density at radius 2 is 1.90 bits per heavy atom. The maximum absolute atomic E-state index is 5.89. The lowest BCUT2D eigenvalue weighted by molar-refractivity contribution is 0.314. The topological polar surface area (TPSA) is 21.3 Å². The summed E-state index contributed by atoms with van der Waals surface area (Å²) in [6, 6.07) is 7.10. The number of rotatable bonds is 6. The second-order valence-corrected chi connectivity index (χ2v) is 6.12. The molecule has 0 unspecified atom stereocenters. The minimum absolute atomic E-state index is 0.615. The van der Waals surface area contributed by atoms with E-state index in [4.69, 9.17) is 4.74 Å². The van der Waals surface area contributed by atoms with Crippen LogP contribution in [0.15, 0.2) is 18.2 Å². The van der Waals surface area contributed by atoms with Crippen molar-refractivity contribution in [1.29, 1.82) is 0 Å². The summed E-state index contributed by atoms with van der Waals surface area (Å²) in [5.74, 6) is 1.96. The van der Waals surface area contributed by atoms with Crippen molar-refractivity contribution in [3.05, 3.63) is 23.8 Å². The third kappa shape index (κ3) is 4.16. The highest BCUT2D eigenvalue weighted by Gasteiger charge is 2.20. The largest absolute Gasteiger partial charge is 0.491 e. The summed E-state index contributed by atoms with van der Waals surface area (Å²) >= 11 is 0. The summed E-state index contributed by atoms with van der Waals surface area (Å²) in [5, 5.41) is 3.71. The summed E-state index contributed by atoms with van der Waals surface area (Å²) in [6.45, 7) is 7.37. The van der Waals surface area contributed by atoms with Gasteiger partial charge in [-0.25, -0.2) is 0 Å². The lowest BCUT2D eigenvalue weighted by Crippen LogP contribution is -2.26. The van der Waals surface area contributed by atoms with Gasteiger partial charge in [0.05, 0.1) is 12.3 Å². The smallest absolute Gasteiger partial charge is 0.142 e. The quantitative estimate of drug-likeness (QED) is 0.773. The summed E-state index contributed by atoms with van der Waals surface area (Å²) in [4.78, 5) is 0. The van der Waals surface area contributed by atoms with Crippen LogP contribution >= 0.6 is 0 Å². The Morgan fingerprint density at radius 1 is 1.15 bits per heavy atom. The number of hydrogen-bond donors (Lipinski definition) is 1. The van der Waals surface area contributed by atoms with Crippen molar-refractivity contribution in [3.8, 4) is 5.75 Å². The molecule has 0 radical (unpaired) electrons. The minimum Gasteiger partial charge on any atom is -0.491 e. The number of nitrogens with one attached hydrogen (secondary N) is 1. The first-order valence-electron chi connectivity index (χ1n) is 8.22. The summed E-state index contributed by atoms with van der Waals surface area (Å²) in [5.41, 5.74) is 2.43. The SMILES string of the molecule is CCCOc1cc(C)ccc1NC1CCC(CC)CC1. The molecule has 1 aromatic carbocycles. The minimum atomic E-state index is 0.615. The van der Waals surface area contributed by atoms with Crippen LogP contribution < -0.4 is 10.1 Å². The van der Waals surface area contributed by atoms with Crippen LogP contribution in [0.25, 0.3) is 0 Å². The lowest BCUT2D eigenvalue weighted by Gasteiger charge is -2.29. The number of anilines is 1. The monoisotopic (exact) mass is 275 g/mol. The molecule has 1 aliphatic rings. The third-order valence-corrected chi connectivity index (χ3v) is 4.38. The molecule has 0 aromatic heterocycles. The molecule has 112 valence electrons. The fourth-order valence-corrected chi connectivity index (χ4v) is 3.02. The highest BCUT2D eigenvalue weighted by Crippen LogP contribution is 2.32. The average Bonchev–Trinajstić information content (AvgIpc) is 2.48. The summed E-state index contributed by atoms with van der Waals surface area (Å²) in [6.07, 6.45) is 7.70. The van der Waals surface area contributed by atoms with Crippen molar-refractivity contribution < 1.29 is 4.74 Å². The molecule has 0 heterocycles. The van der Waals surface area contributed by atoms with Crippen LogP contribution in [0.5, 0.6) is 5.75 Å². The highest BCUT2D eigenvalue weighted by atomic mass is 16.5. The van der Waals surface area contributed by atoms with E-state index in [1.807, 2.05) is 0 Å². The summed E-state index contributed by atoms with van der Waals surface area (Å²) in [7, 11) is 0. The molecule has 20 heavy (non-hydrogen) atoms. The summed E-state index contributed by atoms with van der Waals surface area (Å²) < 4.78 is 5.89. The van der Waals surface area contributed by atoms with E-state index in [2.05, 4.69) is 44.3 Å². The molecule has 0 bridgehead atoms. The molecule has 0 saturated heterocycles. The molecule has 1 aliphatic carbocycles. The molecule has 0 aliphatic heterocycles. The third-order valence-electron chi connectivity index (χ3n) is 4.38. The Bertz CT molecular complexity index is 408. The first kappa shape index (κ1) is 15.2. The van der Waals surface area contributed by atoms with E-state index in [9.17, 15) is 0 Å². The van der Waals surface area contributed by atoms with Gasteiger partial charge in [0.15, 0.2) is 0 Å². The van der Waals surface area contributed by atoms with Gasteiger partial charge in [-0.3, -0.25) is 0 Å². The van der Waals surface area contributed by atoms with E-state index in [1.165, 1.54) is 43.4 Å². The van der Waals surface area contributed by atoms with E-state index >= 15 is 0 Å². The van der Waals surface area contributed by atoms with Crippen LogP contribution in [0.4, 0.5) is 5.69 Å². The van der Waals surface area contributed by atoms with Crippen molar-refractivity contribution in [2.75, 3.05) is 11.9 Å². The Hall–Kier alpha value is -1.18. The fourth-order valence-electron chi connectivity index (χ4n) is 3.02. The van der Waals surface area contributed by atoms with E-state index in [-0.39, 0.29) is 0 Å². The van der Waals surface area contributed by atoms with Crippen LogP contribution in [-0.4, -0.2) is 12.6 Å². The van der Waals surface area contributed by atoms with Crippen molar-refractivity contribution in [2.24, 2.45) is 5.92 Å². The number of aryl methyl sites for hydroxylation is 1. The highest BCUT2D eigenvalue weighted by molar-refractivity contribution is 5.58. The zero-order chi connectivity index (χ0) is 14.4. The second-order valence-electron chi connectivity index (χ2n) is 6.12. The van der Waals surface area contributed by atoms with Crippen LogP contribution in [0, 0.1) is 12.8 Å². The zero-order valence-electron chi connectivity index (χ0n) is 13.2. The Morgan fingerprint density at radius 3 is 2.55 bits per heavy atom. The fraction of sp³-hybridized carbons (Fsp3) is 0.667. The standard InChI is InChI=1S/C18H29NO/c1-4-12-20-18-13-14(3)6-11-17(18)19-16-9-7-15(5-2)8-10-16/h6,11,13,15-16,19H,4-5,7-10,12H2,1-3H3. The lowest BCUT2D eigenvalue weighted by atomic mass is 9.84. The van der Waals surface area contributed by atoms with Crippen LogP contribution in [0.2, 0.25) is 0 Å². The van der Waals surface area contributed by atoms with Gasteiger partial charge in [0.1, 0.15) is 5.75 Å². The molecule has 0 spiro atoms. The van der Waals surface area contributed by atoms with Gasteiger partial charge in [0.25, 0.3) is 0 Å². The molecule has 1 fully saturated rings. The van der Waals surface area contributed by atoms with Crippen LogP contribution in [0.3, 0.4) is 0 Å². The molecule has 1 aromatic rings. The second kappa shape index (κ2) is 7.56. The van der Waals surface area contributed by atoms with Crippen molar-refractivity contribution in [2.45, 2.75) is 65.3 Å². The Balaban J connectivity index is 1.98. The maximum Gasteiger partial charge on any atom is 0.142 e. The molecule has 2 heteroatoms. The van der Waals surface area contributed by atoms with E-state index < -0.39 is 0 Å². The molecular formula is C18H29NO. The maximum atomic E-state index is 5.89. The predicted octanol–water partition coefficient (Wildman–Crippen LogP) is 5.16. The van der Waals surface area contributed by atoms with Gasteiger partial charge in [-0.15, -0.1) is 0 Å². The van der Waals surface area contributed by atoms with Crippen LogP contribution in [-0.2, 0) is 0 Å². The molecule has 2 nitrogen and oxygen atoms in total. The molecular weight excluding hydrogens is 246 g/mol. The van der Waals surface area contributed by atoms with E-state index in [1.54, 1.807) is 0 Å². The van der Waals surface area contributed by atoms with Crippen molar-refractivity contribution in [3.63, 3.8) is 0 Å². The molecule has 0 amide bonds. The molecule has 2 rings (SSSR count). The predicted molar refractivity (Wildman–Crippen MR) is 86.6 cm³/mol. The Labute approximate surface area is 123 Å². The first-order chi connectivity index (χ1) is 9.72. The van der Waals surface area contributed by atoms with Gasteiger partial charge < -0.3 is 10.1 Å². The average molecular weight is 275 g/mol. The number of benzene rings is 1. The van der Waals surface area contributed by atoms with E-state index in [0.29, 0.717) is 6.04 Å². The van der Waals surface area contributed by atoms with Gasteiger partial charge in [-0.2, -0.15) is 0 Å². The van der Waals surface area contributed by atoms with Gasteiger partial charge in [0.2, 0.25) is 0 Å². The molecule has 1 N–H and O–H groups in total. The first-order valence-corrected chi connectivity index (χ1v) is 8.22. The number of hydrogen-bond acceptors (Lipinski definition) is 2. The molecule has 0 atom stereocenters. The van der Waals surface area contributed by atoms with E-state index in [0.717, 1.165) is 24.7 Å². The van der Waals surface area contributed by atoms with Gasteiger partial charge in [-0.1, -0.05) is 26.3 Å². The number of ether oxygens (including phenoxy) is 1. The Kier molecular flexibility index (Phi) is 5.75. The van der Waals surface area contributed by atoms with Crippen molar-refractivity contribution in [1.82, 2.24) is 0 Å². The van der Waals surface area contributed by atoms with Gasteiger partial charge >= 0.3 is 0 Å². The van der Waals surface area contributed by atoms with Crippen molar-refractivity contribution >= 4 is 5.69 Å². The normalized spacial score (nSPS) is 22.6. The van der Waals surface area contributed by atoms with Gasteiger partial charge in [0, 0.05) is 6.04 Å². The van der Waals surface area contributed by atoms with Crippen LogP contribution in [0.1, 0.15) is 57.9 Å². The zero-order valence-corrected chi connectivity index (χ0v) is 13.2. The molecule has 1 saturated carbocycles. The van der Waals surface area contributed by atoms with Gasteiger partial charge in [-0.05, 0) is 62.6 Å².